The number of terminal acetylenes is 1. The molecule has 4 N–H and O–H groups in total. The summed E-state index contributed by atoms with van der Waals surface area (Å²) in [5.41, 5.74) is 6.10. The SMILES string of the molecule is C#CCCC(=O)Cc1ccc(C[S+](C)CC[C@H](CC(=O)[C@H](CCCC[NH3+])NC)C(C)=O)cc1.[Cl-].[Cl-]. The van der Waals surface area contributed by atoms with Crippen LogP contribution in [-0.2, 0) is 37.5 Å². The van der Waals surface area contributed by atoms with Gasteiger partial charge in [0, 0.05) is 43.6 Å². The predicted octanol–water partition coefficient (Wildman–Crippen LogP) is -3.48. The summed E-state index contributed by atoms with van der Waals surface area (Å²) >= 11 is 0. The highest BCUT2D eigenvalue weighted by molar-refractivity contribution is 7.95. The lowest BCUT2D eigenvalue weighted by Crippen LogP contribution is -3.00. The molecule has 0 bridgehead atoms. The van der Waals surface area contributed by atoms with E-state index in [2.05, 4.69) is 35.4 Å². The first-order chi connectivity index (χ1) is 15.8. The van der Waals surface area contributed by atoms with Crippen LogP contribution in [0.3, 0.4) is 0 Å². The molecule has 8 heteroatoms. The normalized spacial score (nSPS) is 12.9. The summed E-state index contributed by atoms with van der Waals surface area (Å²) in [5.74, 6) is 4.59. The Bertz CT molecular complexity index is 797. The minimum Gasteiger partial charge on any atom is -1.00 e. The highest BCUT2D eigenvalue weighted by Gasteiger charge is 2.25. The van der Waals surface area contributed by atoms with Crippen molar-refractivity contribution in [3.05, 3.63) is 35.4 Å². The Morgan fingerprint density at radius 1 is 1.09 bits per heavy atom. The average molecular weight is 546 g/mol. The van der Waals surface area contributed by atoms with Crippen LogP contribution in [0.1, 0.15) is 63.0 Å². The molecule has 3 atom stereocenters. The van der Waals surface area contributed by atoms with Crippen molar-refractivity contribution in [1.82, 2.24) is 5.32 Å². The zero-order valence-corrected chi connectivity index (χ0v) is 23.7. The summed E-state index contributed by atoms with van der Waals surface area (Å²) in [7, 11) is 1.93. The van der Waals surface area contributed by atoms with Crippen molar-refractivity contribution < 1.29 is 44.9 Å². The van der Waals surface area contributed by atoms with E-state index in [0.717, 1.165) is 49.3 Å². The molecule has 0 aromatic heterocycles. The topological polar surface area (TPSA) is 90.9 Å². The van der Waals surface area contributed by atoms with Crippen molar-refractivity contribution in [3.8, 4) is 12.3 Å². The van der Waals surface area contributed by atoms with Gasteiger partial charge in [-0.2, -0.15) is 0 Å². The summed E-state index contributed by atoms with van der Waals surface area (Å²) < 4.78 is 0. The number of hydrogen-bond acceptors (Lipinski definition) is 4. The maximum Gasteiger partial charge on any atom is 0.150 e. The van der Waals surface area contributed by atoms with E-state index in [4.69, 9.17) is 6.42 Å². The lowest BCUT2D eigenvalue weighted by atomic mass is 9.91. The van der Waals surface area contributed by atoms with Crippen LogP contribution in [0, 0.1) is 18.3 Å². The quantitative estimate of drug-likeness (QED) is 0.114. The van der Waals surface area contributed by atoms with Gasteiger partial charge in [-0.3, -0.25) is 14.4 Å². The lowest BCUT2D eigenvalue weighted by Gasteiger charge is -2.18. The zero-order chi connectivity index (χ0) is 24.6. The Balaban J connectivity index is 0. The van der Waals surface area contributed by atoms with Gasteiger partial charge >= 0.3 is 0 Å². The van der Waals surface area contributed by atoms with E-state index >= 15 is 0 Å². The summed E-state index contributed by atoms with van der Waals surface area (Å²) in [6.45, 7) is 2.49. The molecule has 1 aromatic rings. The second-order valence-electron chi connectivity index (χ2n) is 8.82. The number of nitrogens with one attached hydrogen (secondary N) is 1. The summed E-state index contributed by atoms with van der Waals surface area (Å²) in [6, 6.07) is 8.04. The minimum absolute atomic E-state index is 0. The van der Waals surface area contributed by atoms with Gasteiger partial charge in [-0.05, 0) is 49.7 Å². The maximum absolute atomic E-state index is 12.7. The van der Waals surface area contributed by atoms with Crippen molar-refractivity contribution in [3.63, 3.8) is 0 Å². The van der Waals surface area contributed by atoms with Crippen molar-refractivity contribution in [2.75, 3.05) is 25.6 Å². The van der Waals surface area contributed by atoms with Gasteiger partial charge in [0.1, 0.15) is 28.9 Å². The highest BCUT2D eigenvalue weighted by Crippen LogP contribution is 2.18. The minimum atomic E-state index is -0.201. The fourth-order valence-electron chi connectivity index (χ4n) is 3.81. The van der Waals surface area contributed by atoms with E-state index in [-0.39, 0.29) is 65.0 Å². The van der Waals surface area contributed by atoms with Gasteiger partial charge in [-0.1, -0.05) is 24.3 Å². The van der Waals surface area contributed by atoms with E-state index in [1.165, 1.54) is 5.56 Å². The smallest absolute Gasteiger partial charge is 0.150 e. The molecule has 0 aliphatic heterocycles. The maximum atomic E-state index is 12.7. The number of unbranched alkanes of at least 4 members (excludes halogenated alkanes) is 1. The average Bonchev–Trinajstić information content (AvgIpc) is 2.79. The molecular weight excluding hydrogens is 503 g/mol. The second-order valence-corrected chi connectivity index (χ2v) is 11.1. The van der Waals surface area contributed by atoms with Gasteiger partial charge in [0.25, 0.3) is 0 Å². The molecule has 0 fully saturated rings. The summed E-state index contributed by atoms with van der Waals surface area (Å²) in [5, 5.41) is 3.12. The predicted molar refractivity (Wildman–Crippen MR) is 138 cm³/mol. The molecule has 0 heterocycles. The van der Waals surface area contributed by atoms with E-state index in [1.54, 1.807) is 6.92 Å². The van der Waals surface area contributed by atoms with Gasteiger partial charge in [0.15, 0.2) is 0 Å². The number of quaternary nitrogens is 1. The second kappa shape index (κ2) is 20.8. The molecule has 0 spiro atoms. The summed E-state index contributed by atoms with van der Waals surface area (Å²) in [4.78, 5) is 36.8. The zero-order valence-electron chi connectivity index (χ0n) is 21.4. The fraction of sp³-hybridized carbons (Fsp3) is 0.593. The first-order valence-corrected chi connectivity index (χ1v) is 13.9. The number of carbonyl (C=O) groups excluding carboxylic acids is 3. The van der Waals surface area contributed by atoms with Crippen LogP contribution in [0.4, 0.5) is 0 Å². The van der Waals surface area contributed by atoms with Crippen LogP contribution in [0.5, 0.6) is 0 Å². The number of halogens is 2. The molecular formula is C27H42Cl2N2O3S. The Morgan fingerprint density at radius 3 is 2.26 bits per heavy atom. The lowest BCUT2D eigenvalue weighted by molar-refractivity contribution is -0.368. The number of Topliss-reactive ketones (excluding diaryl/α,β-unsaturated/α-hetero) is 3. The molecule has 0 radical (unpaired) electrons. The number of likely N-dealkylation sites (N-methyl/N-ethyl adjacent to an activating group) is 1. The number of carbonyl (C=O) groups is 3. The fourth-order valence-corrected chi connectivity index (χ4v) is 5.40. The first kappa shape index (κ1) is 35.8. The van der Waals surface area contributed by atoms with E-state index in [9.17, 15) is 14.4 Å². The highest BCUT2D eigenvalue weighted by atomic mass is 35.5. The van der Waals surface area contributed by atoms with Gasteiger partial charge in [-0.15, -0.1) is 12.3 Å². The van der Waals surface area contributed by atoms with Crippen molar-refractivity contribution >= 4 is 28.2 Å². The van der Waals surface area contributed by atoms with E-state index in [0.29, 0.717) is 25.7 Å². The number of rotatable bonds is 18. The van der Waals surface area contributed by atoms with Crippen LogP contribution in [0.25, 0.3) is 0 Å². The van der Waals surface area contributed by atoms with Crippen LogP contribution >= 0.6 is 0 Å². The molecule has 0 amide bonds. The Labute approximate surface area is 227 Å². The molecule has 0 aliphatic carbocycles. The van der Waals surface area contributed by atoms with Crippen LogP contribution < -0.4 is 35.9 Å². The molecule has 0 saturated heterocycles. The monoisotopic (exact) mass is 544 g/mol. The number of ketones is 3. The molecule has 1 aromatic carbocycles. The van der Waals surface area contributed by atoms with E-state index < -0.39 is 0 Å². The van der Waals surface area contributed by atoms with Gasteiger partial charge in [0.2, 0.25) is 0 Å². The Morgan fingerprint density at radius 2 is 1.71 bits per heavy atom. The molecule has 35 heavy (non-hydrogen) atoms. The first-order valence-electron chi connectivity index (χ1n) is 11.9. The van der Waals surface area contributed by atoms with Crippen molar-refractivity contribution in [2.24, 2.45) is 5.92 Å². The van der Waals surface area contributed by atoms with E-state index in [1.807, 2.05) is 19.2 Å². The van der Waals surface area contributed by atoms with Crippen LogP contribution in [0.2, 0.25) is 0 Å². The summed E-state index contributed by atoms with van der Waals surface area (Å²) in [6.07, 6.45) is 12.7. The Kier molecular flexibility index (Phi) is 21.3. The third kappa shape index (κ3) is 15.4. The molecule has 1 unspecified atom stereocenters. The van der Waals surface area contributed by atoms with Gasteiger partial charge < -0.3 is 35.9 Å². The standard InChI is InChI=1S/C27H41N2O3S.2ClH/c1-5-6-9-25(31)18-22-11-13-23(14-12-22)20-33(4)17-15-24(21(2)30)19-27(32)26(29-3)10-7-8-16-28;;/h1,11-14,24,26,29H,6-10,15-20,28H2,2-4H3;2*1H/q+1;;/p-1/t24-,26+,33?;;/m1../s1. The number of benzene rings is 1. The third-order valence-corrected chi connectivity index (χ3v) is 7.71. The van der Waals surface area contributed by atoms with Gasteiger partial charge in [-0.25, -0.2) is 0 Å². The molecule has 0 aliphatic rings. The van der Waals surface area contributed by atoms with Gasteiger partial charge in [0.05, 0.1) is 18.8 Å². The van der Waals surface area contributed by atoms with Crippen molar-refractivity contribution in [1.29, 1.82) is 0 Å². The third-order valence-electron chi connectivity index (χ3n) is 5.95. The molecule has 0 saturated carbocycles. The molecule has 5 nitrogen and oxygen atoms in total. The largest absolute Gasteiger partial charge is 1.00 e. The molecule has 198 valence electrons. The van der Waals surface area contributed by atoms with Crippen molar-refractivity contribution in [2.45, 2.75) is 70.1 Å². The van der Waals surface area contributed by atoms with Crippen LogP contribution in [-0.4, -0.2) is 49.0 Å². The Hall–Kier alpha value is -1.36. The van der Waals surface area contributed by atoms with Crippen LogP contribution in [0.15, 0.2) is 24.3 Å². The molecule has 1 rings (SSSR count). The number of hydrogen-bond donors (Lipinski definition) is 2.